The van der Waals surface area contributed by atoms with E-state index >= 15 is 0 Å². The van der Waals surface area contributed by atoms with Crippen LogP contribution >= 0.6 is 11.6 Å². The molecule has 100 valence electrons. The van der Waals surface area contributed by atoms with Crippen LogP contribution in [0.5, 0.6) is 0 Å². The van der Waals surface area contributed by atoms with Gasteiger partial charge in [0.05, 0.1) is 22.3 Å². The van der Waals surface area contributed by atoms with E-state index < -0.39 is 0 Å². The van der Waals surface area contributed by atoms with Gasteiger partial charge in [-0.25, -0.2) is 0 Å². The van der Waals surface area contributed by atoms with Gasteiger partial charge >= 0.3 is 0 Å². The first-order chi connectivity index (χ1) is 9.52. The monoisotopic (exact) mass is 284 g/mol. The molecule has 4 heteroatoms. The second-order valence-electron chi connectivity index (χ2n) is 4.51. The largest absolute Gasteiger partial charge is 0.321 e. The van der Waals surface area contributed by atoms with E-state index in [4.69, 9.17) is 16.9 Å². The van der Waals surface area contributed by atoms with Crippen LogP contribution in [0.2, 0.25) is 5.02 Å². The molecule has 0 heterocycles. The molecule has 0 bridgehead atoms. The second kappa shape index (κ2) is 5.77. The first-order valence-electron chi connectivity index (χ1n) is 6.10. The molecule has 2 rings (SSSR count). The number of carbonyl (C=O) groups excluding carboxylic acids is 1. The molecule has 0 aromatic heterocycles. The molecular formula is C16H13ClN2O. The summed E-state index contributed by atoms with van der Waals surface area (Å²) in [5, 5.41) is 12.0. The van der Waals surface area contributed by atoms with Crippen LogP contribution in [-0.4, -0.2) is 5.91 Å². The van der Waals surface area contributed by atoms with E-state index in [-0.39, 0.29) is 5.91 Å². The number of hydrogen-bond donors (Lipinski definition) is 1. The van der Waals surface area contributed by atoms with Crippen LogP contribution in [0.3, 0.4) is 0 Å². The minimum absolute atomic E-state index is 0.233. The van der Waals surface area contributed by atoms with Crippen molar-refractivity contribution in [2.45, 2.75) is 13.8 Å². The predicted octanol–water partition coefficient (Wildman–Crippen LogP) is 4.08. The van der Waals surface area contributed by atoms with Gasteiger partial charge in [0.15, 0.2) is 0 Å². The molecule has 1 amide bonds. The normalized spacial score (nSPS) is 9.90. The molecule has 0 radical (unpaired) electrons. The zero-order valence-electron chi connectivity index (χ0n) is 11.2. The van der Waals surface area contributed by atoms with Crippen molar-refractivity contribution in [2.75, 3.05) is 5.32 Å². The zero-order chi connectivity index (χ0) is 14.7. The average Bonchev–Trinajstić information content (AvgIpc) is 2.44. The van der Waals surface area contributed by atoms with Crippen molar-refractivity contribution >= 4 is 23.2 Å². The Morgan fingerprint density at radius 3 is 2.70 bits per heavy atom. The number of carbonyl (C=O) groups is 1. The van der Waals surface area contributed by atoms with E-state index in [1.165, 1.54) is 0 Å². The van der Waals surface area contributed by atoms with Crippen molar-refractivity contribution in [1.29, 1.82) is 5.26 Å². The number of hydrogen-bond acceptors (Lipinski definition) is 2. The van der Waals surface area contributed by atoms with Crippen molar-refractivity contribution in [3.05, 3.63) is 63.7 Å². The Hall–Kier alpha value is -2.31. The van der Waals surface area contributed by atoms with E-state index in [9.17, 15) is 4.79 Å². The van der Waals surface area contributed by atoms with Crippen molar-refractivity contribution in [3.8, 4) is 6.07 Å². The van der Waals surface area contributed by atoms with Gasteiger partial charge in [-0.3, -0.25) is 4.79 Å². The van der Waals surface area contributed by atoms with Gasteiger partial charge in [0.1, 0.15) is 0 Å². The third kappa shape index (κ3) is 2.81. The van der Waals surface area contributed by atoms with Crippen molar-refractivity contribution < 1.29 is 4.79 Å². The van der Waals surface area contributed by atoms with Crippen molar-refractivity contribution in [3.63, 3.8) is 0 Å². The highest BCUT2D eigenvalue weighted by molar-refractivity contribution is 6.34. The van der Waals surface area contributed by atoms with Crippen LogP contribution in [0.4, 0.5) is 5.69 Å². The third-order valence-electron chi connectivity index (χ3n) is 3.19. The molecule has 20 heavy (non-hydrogen) atoms. The summed E-state index contributed by atoms with van der Waals surface area (Å²) >= 11 is 6.03. The maximum absolute atomic E-state index is 12.3. The summed E-state index contributed by atoms with van der Waals surface area (Å²) in [4.78, 5) is 12.3. The minimum Gasteiger partial charge on any atom is -0.321 e. The number of amides is 1. The topological polar surface area (TPSA) is 52.9 Å². The van der Waals surface area contributed by atoms with E-state index in [1.807, 2.05) is 32.0 Å². The van der Waals surface area contributed by atoms with Gasteiger partial charge in [0, 0.05) is 5.56 Å². The number of nitriles is 1. The van der Waals surface area contributed by atoms with Gasteiger partial charge in [-0.05, 0) is 49.2 Å². The van der Waals surface area contributed by atoms with Crippen LogP contribution < -0.4 is 5.32 Å². The lowest BCUT2D eigenvalue weighted by molar-refractivity contribution is 0.102. The summed E-state index contributed by atoms with van der Waals surface area (Å²) in [6.45, 7) is 3.85. The van der Waals surface area contributed by atoms with Gasteiger partial charge in [-0.1, -0.05) is 23.7 Å². The van der Waals surface area contributed by atoms with Gasteiger partial charge in [0.2, 0.25) is 0 Å². The SMILES string of the molecule is Cc1cccc(C(=O)Nc2cc(C#N)ccc2Cl)c1C. The summed E-state index contributed by atoms with van der Waals surface area (Å²) in [6, 6.07) is 12.3. The summed E-state index contributed by atoms with van der Waals surface area (Å²) in [6.07, 6.45) is 0. The summed E-state index contributed by atoms with van der Waals surface area (Å²) in [5.74, 6) is -0.233. The molecule has 0 saturated heterocycles. The maximum atomic E-state index is 12.3. The Bertz CT molecular complexity index is 717. The van der Waals surface area contributed by atoms with Crippen molar-refractivity contribution in [1.82, 2.24) is 0 Å². The Morgan fingerprint density at radius 1 is 1.25 bits per heavy atom. The summed E-state index contributed by atoms with van der Waals surface area (Å²) in [7, 11) is 0. The van der Waals surface area contributed by atoms with E-state index in [1.54, 1.807) is 24.3 Å². The number of nitrogens with one attached hydrogen (secondary N) is 1. The van der Waals surface area contributed by atoms with E-state index in [0.29, 0.717) is 21.8 Å². The highest BCUT2D eigenvalue weighted by Crippen LogP contribution is 2.24. The van der Waals surface area contributed by atoms with Crippen LogP contribution in [0.15, 0.2) is 36.4 Å². The fraction of sp³-hybridized carbons (Fsp3) is 0.125. The molecule has 0 fully saturated rings. The molecule has 0 unspecified atom stereocenters. The van der Waals surface area contributed by atoms with Gasteiger partial charge in [0.25, 0.3) is 5.91 Å². The Kier molecular flexibility index (Phi) is 4.07. The molecule has 3 nitrogen and oxygen atoms in total. The van der Waals surface area contributed by atoms with Crippen LogP contribution in [0.1, 0.15) is 27.0 Å². The molecule has 0 atom stereocenters. The lowest BCUT2D eigenvalue weighted by Crippen LogP contribution is -2.14. The Balaban J connectivity index is 2.33. The van der Waals surface area contributed by atoms with Crippen LogP contribution in [0.25, 0.3) is 0 Å². The highest BCUT2D eigenvalue weighted by atomic mass is 35.5. The van der Waals surface area contributed by atoms with Gasteiger partial charge in [-0.15, -0.1) is 0 Å². The maximum Gasteiger partial charge on any atom is 0.255 e. The quantitative estimate of drug-likeness (QED) is 0.903. The van der Waals surface area contributed by atoms with Gasteiger partial charge < -0.3 is 5.32 Å². The van der Waals surface area contributed by atoms with Crippen LogP contribution in [0, 0.1) is 25.2 Å². The Morgan fingerprint density at radius 2 is 2.00 bits per heavy atom. The third-order valence-corrected chi connectivity index (χ3v) is 3.52. The molecule has 0 aliphatic rings. The number of nitrogens with zero attached hydrogens (tertiary/aromatic N) is 1. The zero-order valence-corrected chi connectivity index (χ0v) is 12.0. The van der Waals surface area contributed by atoms with Gasteiger partial charge in [-0.2, -0.15) is 5.26 Å². The molecule has 1 N–H and O–H groups in total. The fourth-order valence-electron chi connectivity index (χ4n) is 1.88. The second-order valence-corrected chi connectivity index (χ2v) is 4.92. The van der Waals surface area contributed by atoms with Crippen molar-refractivity contribution in [2.24, 2.45) is 0 Å². The smallest absolute Gasteiger partial charge is 0.255 e. The molecule has 0 aliphatic heterocycles. The predicted molar refractivity (Wildman–Crippen MR) is 80.0 cm³/mol. The standard InChI is InChI=1S/C16H13ClN2O/c1-10-4-3-5-13(11(10)2)16(20)19-15-8-12(9-18)6-7-14(15)17/h3-8H,1-2H3,(H,19,20). The lowest BCUT2D eigenvalue weighted by Gasteiger charge is -2.10. The molecule has 2 aromatic rings. The number of benzene rings is 2. The molecule has 0 spiro atoms. The lowest BCUT2D eigenvalue weighted by atomic mass is 10.0. The summed E-state index contributed by atoms with van der Waals surface area (Å²) in [5.41, 5.74) is 3.47. The molecule has 0 saturated carbocycles. The number of anilines is 1. The molecule has 0 aliphatic carbocycles. The fourth-order valence-corrected chi connectivity index (χ4v) is 2.04. The van der Waals surface area contributed by atoms with Crippen LogP contribution in [-0.2, 0) is 0 Å². The highest BCUT2D eigenvalue weighted by Gasteiger charge is 2.12. The number of rotatable bonds is 2. The number of aryl methyl sites for hydroxylation is 1. The van der Waals surface area contributed by atoms with E-state index in [0.717, 1.165) is 11.1 Å². The first-order valence-corrected chi connectivity index (χ1v) is 6.48. The Labute approximate surface area is 122 Å². The van der Waals surface area contributed by atoms with E-state index in [2.05, 4.69) is 5.32 Å². The minimum atomic E-state index is -0.233. The molecular weight excluding hydrogens is 272 g/mol. The molecule has 2 aromatic carbocycles. The summed E-state index contributed by atoms with van der Waals surface area (Å²) < 4.78 is 0. The first kappa shape index (κ1) is 14.1. The number of halogens is 1. The average molecular weight is 285 g/mol.